The molecule has 0 saturated heterocycles. The first-order valence-corrected chi connectivity index (χ1v) is 5.02. The molecule has 0 bridgehead atoms. The molecular weight excluding hydrogens is 291 g/mol. The minimum absolute atomic E-state index is 0. The van der Waals surface area contributed by atoms with Gasteiger partial charge in [0.1, 0.15) is 0 Å². The molecule has 0 aromatic rings. The van der Waals surface area contributed by atoms with Gasteiger partial charge in [-0.1, -0.05) is 27.0 Å². The zero-order valence-electron chi connectivity index (χ0n) is 10.2. The maximum absolute atomic E-state index is 5.30. The van der Waals surface area contributed by atoms with E-state index in [1.165, 1.54) is 6.20 Å². The number of allylic oxidation sites excluding steroid dienone is 4. The molecule has 0 aromatic carbocycles. The normalized spacial score (nSPS) is 15.2. The second-order valence-electron chi connectivity index (χ2n) is 4.01. The molecule has 0 atom stereocenters. The van der Waals surface area contributed by atoms with E-state index in [0.29, 0.717) is 5.92 Å². The zero-order chi connectivity index (χ0) is 11.8. The topological polar surface area (TPSA) is 38.4 Å². The van der Waals surface area contributed by atoms with E-state index in [1.54, 1.807) is 6.21 Å². The number of nitrogens with two attached hydrogens (primary N) is 1. The minimum Gasteiger partial charge on any atom is -0.455 e. The van der Waals surface area contributed by atoms with E-state index in [4.69, 9.17) is 5.73 Å². The van der Waals surface area contributed by atoms with Crippen LogP contribution in [-0.2, 0) is 20.4 Å². The van der Waals surface area contributed by atoms with Crippen LogP contribution in [0.5, 0.6) is 0 Å². The predicted octanol–water partition coefficient (Wildman–Crippen LogP) is 3.04. The number of hydrogen-bond acceptors (Lipinski definition) is 2. The Kier molecular flexibility index (Phi) is 10.4. The Morgan fingerprint density at radius 2 is 2.19 bits per heavy atom. The first-order valence-electron chi connectivity index (χ1n) is 5.02. The first kappa shape index (κ1) is 17.6. The summed E-state index contributed by atoms with van der Waals surface area (Å²) in [6.45, 7) is 13.1. The summed E-state index contributed by atoms with van der Waals surface area (Å²) in [6.07, 6.45) is 7.35. The van der Waals surface area contributed by atoms with Gasteiger partial charge >= 0.3 is 20.4 Å². The van der Waals surface area contributed by atoms with E-state index < -0.39 is 0 Å². The average Bonchev–Trinajstić information content (AvgIpc) is 2.50. The molecular formula is C13H20N2Pd. The summed E-state index contributed by atoms with van der Waals surface area (Å²) >= 11 is 0. The Bertz CT molecular complexity index is 295. The predicted molar refractivity (Wildman–Crippen MR) is 67.1 cm³/mol. The van der Waals surface area contributed by atoms with Gasteiger partial charge in [0, 0.05) is 0 Å². The van der Waals surface area contributed by atoms with Gasteiger partial charge < -0.3 is 10.7 Å². The molecule has 0 unspecified atom stereocenters. The Labute approximate surface area is 113 Å². The van der Waals surface area contributed by atoms with Crippen LogP contribution in [0, 0.1) is 18.9 Å². The summed E-state index contributed by atoms with van der Waals surface area (Å²) in [6, 6.07) is 0. The average molecular weight is 311 g/mol. The second kappa shape index (κ2) is 9.45. The molecule has 0 aliphatic carbocycles. The summed E-state index contributed by atoms with van der Waals surface area (Å²) in [5.74, 6) is 0.631. The Morgan fingerprint density at radius 1 is 1.69 bits per heavy atom. The molecule has 0 fully saturated rings. The fourth-order valence-corrected chi connectivity index (χ4v) is 0.954. The van der Waals surface area contributed by atoms with Crippen molar-refractivity contribution in [2.45, 2.75) is 27.2 Å². The molecule has 16 heavy (non-hydrogen) atoms. The quantitative estimate of drug-likeness (QED) is 0.618. The van der Waals surface area contributed by atoms with Crippen LogP contribution in [0.3, 0.4) is 0 Å². The van der Waals surface area contributed by atoms with Gasteiger partial charge in [-0.05, 0) is 18.0 Å². The smallest absolute Gasteiger partial charge is 0.455 e. The molecule has 0 spiro atoms. The molecule has 3 heteroatoms. The van der Waals surface area contributed by atoms with Gasteiger partial charge in [0.05, 0.1) is 0 Å². The van der Waals surface area contributed by atoms with Crippen LogP contribution in [0.25, 0.3) is 0 Å². The molecule has 1 heterocycles. The van der Waals surface area contributed by atoms with Crippen molar-refractivity contribution in [2.75, 3.05) is 0 Å². The van der Waals surface area contributed by atoms with Crippen molar-refractivity contribution in [2.24, 2.45) is 16.6 Å². The van der Waals surface area contributed by atoms with Crippen molar-refractivity contribution in [1.82, 2.24) is 0 Å². The minimum atomic E-state index is 0. The maximum atomic E-state index is 5.30. The van der Waals surface area contributed by atoms with Crippen molar-refractivity contribution in [3.8, 4) is 0 Å². The van der Waals surface area contributed by atoms with Crippen LogP contribution < -0.4 is 5.73 Å². The van der Waals surface area contributed by atoms with Gasteiger partial charge in [0.15, 0.2) is 0 Å². The van der Waals surface area contributed by atoms with Crippen LogP contribution >= 0.6 is 0 Å². The molecule has 1 aliphatic heterocycles. The Balaban J connectivity index is 0. The van der Waals surface area contributed by atoms with E-state index in [1.807, 2.05) is 6.92 Å². The van der Waals surface area contributed by atoms with Gasteiger partial charge in [-0.15, -0.1) is 6.20 Å². The fourth-order valence-electron chi connectivity index (χ4n) is 0.954. The van der Waals surface area contributed by atoms with Gasteiger partial charge in [-0.3, -0.25) is 0 Å². The standard InChI is InChI=1S/C9H13N2.C4H7.Pd/c1-7(2)3-9-4-8(5-10)6-11-9;1-4(2)3;/h5-7H,3,10H2,1-2H3;1-2H2,3H3;/q2*-1;+2. The van der Waals surface area contributed by atoms with Gasteiger partial charge in [-0.2, -0.15) is 11.6 Å². The monoisotopic (exact) mass is 310 g/mol. The third-order valence-electron chi connectivity index (χ3n) is 1.43. The Morgan fingerprint density at radius 3 is 2.50 bits per heavy atom. The van der Waals surface area contributed by atoms with Crippen LogP contribution in [-0.4, -0.2) is 6.21 Å². The van der Waals surface area contributed by atoms with Crippen LogP contribution in [0.1, 0.15) is 27.2 Å². The summed E-state index contributed by atoms with van der Waals surface area (Å²) in [5, 5.41) is 0. The largest absolute Gasteiger partial charge is 2.00 e. The van der Waals surface area contributed by atoms with E-state index in [9.17, 15) is 0 Å². The SMILES string of the molecule is C=C([CH2-])C.CC(C)CC1=[C-]C(=CN)C=N1.[Pd+2]. The zero-order valence-corrected chi connectivity index (χ0v) is 11.7. The van der Waals surface area contributed by atoms with Crippen LogP contribution in [0.4, 0.5) is 0 Å². The number of nitrogens with zero attached hydrogens (tertiary/aromatic N) is 1. The molecule has 0 amide bonds. The maximum Gasteiger partial charge on any atom is 2.00 e. The van der Waals surface area contributed by atoms with E-state index in [2.05, 4.69) is 38.4 Å². The van der Waals surface area contributed by atoms with E-state index in [0.717, 1.165) is 23.3 Å². The van der Waals surface area contributed by atoms with Crippen molar-refractivity contribution >= 4 is 6.21 Å². The van der Waals surface area contributed by atoms with Crippen LogP contribution in [0.15, 0.2) is 34.6 Å². The van der Waals surface area contributed by atoms with Gasteiger partial charge in [0.2, 0.25) is 0 Å². The van der Waals surface area contributed by atoms with Crippen molar-refractivity contribution < 1.29 is 20.4 Å². The van der Waals surface area contributed by atoms with Crippen molar-refractivity contribution in [3.63, 3.8) is 0 Å². The molecule has 2 nitrogen and oxygen atoms in total. The number of rotatable bonds is 2. The van der Waals surface area contributed by atoms with Crippen molar-refractivity contribution in [1.29, 1.82) is 0 Å². The molecule has 0 radical (unpaired) electrons. The van der Waals surface area contributed by atoms with Gasteiger partial charge in [-0.25, -0.2) is 19.1 Å². The number of aliphatic imine (C=N–C) groups is 1. The third-order valence-corrected chi connectivity index (χ3v) is 1.43. The van der Waals surface area contributed by atoms with Crippen molar-refractivity contribution in [3.05, 3.63) is 42.6 Å². The number of hydrogen-bond donors (Lipinski definition) is 1. The summed E-state index contributed by atoms with van der Waals surface area (Å²) < 4.78 is 0. The van der Waals surface area contributed by atoms with Crippen LogP contribution in [0.2, 0.25) is 0 Å². The van der Waals surface area contributed by atoms with E-state index >= 15 is 0 Å². The molecule has 1 aliphatic rings. The van der Waals surface area contributed by atoms with Gasteiger partial charge in [0.25, 0.3) is 0 Å². The molecule has 0 aromatic heterocycles. The molecule has 1 rings (SSSR count). The van der Waals surface area contributed by atoms with E-state index in [-0.39, 0.29) is 20.4 Å². The first-order chi connectivity index (χ1) is 6.95. The third kappa shape index (κ3) is 9.77. The summed E-state index contributed by atoms with van der Waals surface area (Å²) in [4.78, 5) is 4.16. The molecule has 92 valence electrons. The second-order valence-corrected chi connectivity index (χ2v) is 4.01. The summed E-state index contributed by atoms with van der Waals surface area (Å²) in [7, 11) is 0. The summed E-state index contributed by atoms with van der Waals surface area (Å²) in [5.41, 5.74) is 8.11. The molecule has 0 saturated carbocycles. The fraction of sp³-hybridized carbons (Fsp3) is 0.385. The molecule has 2 N–H and O–H groups in total. The Hall–Kier alpha value is -0.778.